The molecule has 1 unspecified atom stereocenters. The Morgan fingerprint density at radius 1 is 1.41 bits per heavy atom. The summed E-state index contributed by atoms with van der Waals surface area (Å²) in [5.41, 5.74) is 3.94. The van der Waals surface area contributed by atoms with Crippen LogP contribution in [-0.2, 0) is 7.05 Å². The van der Waals surface area contributed by atoms with Gasteiger partial charge in [-0.2, -0.15) is 16.9 Å². The summed E-state index contributed by atoms with van der Waals surface area (Å²) in [5, 5.41) is 8.20. The Hall–Kier alpha value is -0.640. The molecule has 96 valence electrons. The van der Waals surface area contributed by atoms with Crippen LogP contribution in [0.5, 0.6) is 0 Å². The monoisotopic (exact) mass is 253 g/mol. The van der Waals surface area contributed by atoms with Crippen molar-refractivity contribution in [3.05, 3.63) is 11.4 Å². The molecule has 0 spiro atoms. The molecule has 2 rings (SSSR count). The quantitative estimate of drug-likeness (QED) is 0.879. The van der Waals surface area contributed by atoms with Crippen molar-refractivity contribution in [3.8, 4) is 0 Å². The van der Waals surface area contributed by atoms with Crippen molar-refractivity contribution in [2.24, 2.45) is 12.5 Å². The maximum atomic E-state index is 4.47. The summed E-state index contributed by atoms with van der Waals surface area (Å²) >= 11 is 2.05. The zero-order valence-electron chi connectivity index (χ0n) is 11.5. The van der Waals surface area contributed by atoms with Crippen LogP contribution in [0.4, 0.5) is 5.69 Å². The molecule has 0 bridgehead atoms. The van der Waals surface area contributed by atoms with Gasteiger partial charge in [-0.3, -0.25) is 4.68 Å². The highest BCUT2D eigenvalue weighted by Gasteiger charge is 2.33. The van der Waals surface area contributed by atoms with Gasteiger partial charge >= 0.3 is 0 Å². The van der Waals surface area contributed by atoms with E-state index in [1.54, 1.807) is 0 Å². The van der Waals surface area contributed by atoms with E-state index < -0.39 is 0 Å². The lowest BCUT2D eigenvalue weighted by atomic mass is 9.82. The second-order valence-corrected chi connectivity index (χ2v) is 6.83. The van der Waals surface area contributed by atoms with Gasteiger partial charge in [0, 0.05) is 18.8 Å². The fourth-order valence-corrected chi connectivity index (χ4v) is 3.94. The molecule has 1 atom stereocenters. The average molecular weight is 253 g/mol. The molecule has 1 fully saturated rings. The number of nitrogens with one attached hydrogen (secondary N) is 1. The maximum absolute atomic E-state index is 4.47. The lowest BCUT2D eigenvalue weighted by Crippen LogP contribution is -2.41. The Balaban J connectivity index is 2.20. The van der Waals surface area contributed by atoms with Crippen molar-refractivity contribution in [2.45, 2.75) is 40.2 Å². The predicted octanol–water partition coefficient (Wildman–Crippen LogP) is 2.98. The van der Waals surface area contributed by atoms with E-state index in [1.165, 1.54) is 29.3 Å². The van der Waals surface area contributed by atoms with Gasteiger partial charge in [-0.05, 0) is 31.4 Å². The Morgan fingerprint density at radius 2 is 2.12 bits per heavy atom. The van der Waals surface area contributed by atoms with E-state index in [-0.39, 0.29) is 0 Å². The molecule has 3 nitrogen and oxygen atoms in total. The largest absolute Gasteiger partial charge is 0.378 e. The molecule has 4 heteroatoms. The maximum Gasteiger partial charge on any atom is 0.0827 e. The first-order valence-electron chi connectivity index (χ1n) is 6.26. The van der Waals surface area contributed by atoms with Crippen molar-refractivity contribution in [3.63, 3.8) is 0 Å². The van der Waals surface area contributed by atoms with Gasteiger partial charge in [0.2, 0.25) is 0 Å². The van der Waals surface area contributed by atoms with E-state index in [1.807, 2.05) is 11.7 Å². The van der Waals surface area contributed by atoms with E-state index in [0.29, 0.717) is 11.5 Å². The van der Waals surface area contributed by atoms with Gasteiger partial charge in [0.1, 0.15) is 0 Å². The van der Waals surface area contributed by atoms with Crippen LogP contribution in [0, 0.1) is 19.3 Å². The highest BCUT2D eigenvalue weighted by molar-refractivity contribution is 7.99. The number of thioether (sulfide) groups is 1. The summed E-state index contributed by atoms with van der Waals surface area (Å²) in [6.07, 6.45) is 1.29. The van der Waals surface area contributed by atoms with Crippen LogP contribution < -0.4 is 5.32 Å². The molecule has 2 heterocycles. The van der Waals surface area contributed by atoms with Crippen LogP contribution in [0.25, 0.3) is 0 Å². The van der Waals surface area contributed by atoms with Crippen LogP contribution in [0.1, 0.15) is 31.7 Å². The normalized spacial score (nSPS) is 23.7. The molecule has 0 aliphatic carbocycles. The standard InChI is InChI=1S/C13H23N3S/c1-9-12(10(2)16(5)15-9)14-11-8-17-7-6-13(11,3)4/h11,14H,6-8H2,1-5H3. The minimum Gasteiger partial charge on any atom is -0.378 e. The fraction of sp³-hybridized carbons (Fsp3) is 0.769. The number of nitrogens with zero attached hydrogens (tertiary/aromatic N) is 2. The predicted molar refractivity (Wildman–Crippen MR) is 75.8 cm³/mol. The van der Waals surface area contributed by atoms with Gasteiger partial charge < -0.3 is 5.32 Å². The molecule has 1 aromatic heterocycles. The molecule has 1 N–H and O–H groups in total. The smallest absolute Gasteiger partial charge is 0.0827 e. The van der Waals surface area contributed by atoms with E-state index in [4.69, 9.17) is 0 Å². The molecule has 17 heavy (non-hydrogen) atoms. The third-order valence-corrected chi connectivity index (χ3v) is 5.01. The zero-order valence-corrected chi connectivity index (χ0v) is 12.3. The van der Waals surface area contributed by atoms with Gasteiger partial charge in [0.25, 0.3) is 0 Å². The Labute approximate surface area is 108 Å². The number of aromatic nitrogens is 2. The van der Waals surface area contributed by atoms with Crippen molar-refractivity contribution in [1.29, 1.82) is 0 Å². The van der Waals surface area contributed by atoms with Crippen molar-refractivity contribution in [2.75, 3.05) is 16.8 Å². The second-order valence-electron chi connectivity index (χ2n) is 5.68. The van der Waals surface area contributed by atoms with E-state index in [2.05, 4.69) is 49.9 Å². The molecule has 1 aliphatic rings. The SMILES string of the molecule is Cc1nn(C)c(C)c1NC1CSCCC1(C)C. The summed E-state index contributed by atoms with van der Waals surface area (Å²) in [6.45, 7) is 8.94. The number of aryl methyl sites for hydroxylation is 2. The van der Waals surface area contributed by atoms with E-state index in [9.17, 15) is 0 Å². The van der Waals surface area contributed by atoms with Crippen molar-refractivity contribution >= 4 is 17.4 Å². The summed E-state index contributed by atoms with van der Waals surface area (Å²) in [5.74, 6) is 2.48. The zero-order chi connectivity index (χ0) is 12.6. The molecular formula is C13H23N3S. The van der Waals surface area contributed by atoms with Crippen LogP contribution >= 0.6 is 11.8 Å². The van der Waals surface area contributed by atoms with Gasteiger partial charge in [-0.1, -0.05) is 13.8 Å². The Morgan fingerprint density at radius 3 is 2.65 bits per heavy atom. The van der Waals surface area contributed by atoms with Crippen LogP contribution in [0.15, 0.2) is 0 Å². The van der Waals surface area contributed by atoms with Crippen molar-refractivity contribution < 1.29 is 0 Å². The summed E-state index contributed by atoms with van der Waals surface area (Å²) < 4.78 is 1.96. The first-order chi connectivity index (χ1) is 7.92. The molecule has 0 amide bonds. The molecule has 0 aromatic carbocycles. The lowest BCUT2D eigenvalue weighted by Gasteiger charge is -2.39. The Bertz CT molecular complexity index is 409. The topological polar surface area (TPSA) is 29.9 Å². The minimum absolute atomic E-state index is 0.375. The highest BCUT2D eigenvalue weighted by Crippen LogP contribution is 2.36. The third-order valence-electron chi connectivity index (χ3n) is 3.95. The van der Waals surface area contributed by atoms with E-state index in [0.717, 1.165) is 5.69 Å². The number of rotatable bonds is 2. The van der Waals surface area contributed by atoms with Crippen LogP contribution in [0.2, 0.25) is 0 Å². The molecule has 0 radical (unpaired) electrons. The van der Waals surface area contributed by atoms with Crippen LogP contribution in [0.3, 0.4) is 0 Å². The first kappa shape index (κ1) is 12.8. The van der Waals surface area contributed by atoms with Crippen molar-refractivity contribution in [1.82, 2.24) is 9.78 Å². The first-order valence-corrected chi connectivity index (χ1v) is 7.42. The second kappa shape index (κ2) is 4.56. The Kier molecular flexibility index (Phi) is 3.43. The number of hydrogen-bond donors (Lipinski definition) is 1. The number of anilines is 1. The lowest BCUT2D eigenvalue weighted by molar-refractivity contribution is 0.305. The van der Waals surface area contributed by atoms with E-state index >= 15 is 0 Å². The molecule has 1 saturated heterocycles. The molecular weight excluding hydrogens is 230 g/mol. The average Bonchev–Trinajstić information content (AvgIpc) is 2.47. The van der Waals surface area contributed by atoms with Gasteiger partial charge in [-0.25, -0.2) is 0 Å². The molecule has 1 aromatic rings. The summed E-state index contributed by atoms with van der Waals surface area (Å²) in [4.78, 5) is 0. The van der Waals surface area contributed by atoms with Gasteiger partial charge in [0.15, 0.2) is 0 Å². The molecule has 0 saturated carbocycles. The summed E-state index contributed by atoms with van der Waals surface area (Å²) in [7, 11) is 2.01. The molecule has 1 aliphatic heterocycles. The van der Waals surface area contributed by atoms with Crippen LogP contribution in [-0.4, -0.2) is 27.3 Å². The minimum atomic E-state index is 0.375. The van der Waals surface area contributed by atoms with Gasteiger partial charge in [0.05, 0.1) is 17.1 Å². The third kappa shape index (κ3) is 2.46. The highest BCUT2D eigenvalue weighted by atomic mass is 32.2. The number of hydrogen-bond acceptors (Lipinski definition) is 3. The van der Waals surface area contributed by atoms with Gasteiger partial charge in [-0.15, -0.1) is 0 Å². The summed E-state index contributed by atoms with van der Waals surface area (Å²) in [6, 6.07) is 0.544. The fourth-order valence-electron chi connectivity index (χ4n) is 2.33.